The molecule has 0 amide bonds. The van der Waals surface area contributed by atoms with Gasteiger partial charge in [0.15, 0.2) is 6.04 Å². The number of nitrogens with zero attached hydrogens (tertiary/aromatic N) is 1. The second-order valence-electron chi connectivity index (χ2n) is 4.49. The first-order valence-corrected chi connectivity index (χ1v) is 6.31. The predicted molar refractivity (Wildman–Crippen MR) is 75.6 cm³/mol. The molecule has 0 aliphatic rings. The molecule has 2 rings (SSSR count). The van der Waals surface area contributed by atoms with Gasteiger partial charge in [-0.3, -0.25) is 4.79 Å². The van der Waals surface area contributed by atoms with E-state index < -0.39 is 24.6 Å². The molecule has 0 heterocycles. The largest absolute Gasteiger partial charge is 0.480 e. The van der Waals surface area contributed by atoms with Crippen molar-refractivity contribution in [2.75, 3.05) is 13.7 Å². The molecule has 1 atom stereocenters. The van der Waals surface area contributed by atoms with Gasteiger partial charge in [0.05, 0.1) is 12.2 Å². The first-order chi connectivity index (χ1) is 10.0. The van der Waals surface area contributed by atoms with E-state index in [1.165, 1.54) is 7.05 Å². The summed E-state index contributed by atoms with van der Waals surface area (Å²) in [6.45, 7) is -0.658. The summed E-state index contributed by atoms with van der Waals surface area (Å²) < 4.78 is 0. The third-order valence-electron chi connectivity index (χ3n) is 3.13. The lowest BCUT2D eigenvalue weighted by Crippen LogP contribution is -2.42. The Balaban J connectivity index is 2.25. The number of benzene rings is 2. The van der Waals surface area contributed by atoms with E-state index in [0.29, 0.717) is 10.9 Å². The Hall–Kier alpha value is -2.44. The summed E-state index contributed by atoms with van der Waals surface area (Å²) in [6, 6.07) is 11.2. The minimum atomic E-state index is -1.30. The molecule has 0 radical (unpaired) electrons. The molecule has 6 heteroatoms. The Morgan fingerprint density at radius 2 is 1.86 bits per heavy atom. The Labute approximate surface area is 121 Å². The van der Waals surface area contributed by atoms with Crippen molar-refractivity contribution < 1.29 is 24.6 Å². The van der Waals surface area contributed by atoms with Crippen LogP contribution < -0.4 is 0 Å². The molecule has 2 aromatic rings. The fraction of sp³-hybridized carbons (Fsp3) is 0.200. The number of rotatable bonds is 5. The number of aliphatic carboxylic acids is 1. The zero-order valence-electron chi connectivity index (χ0n) is 11.4. The highest BCUT2D eigenvalue weighted by Gasteiger charge is 2.25. The van der Waals surface area contributed by atoms with Crippen LogP contribution in [0.25, 0.3) is 10.8 Å². The minimum Gasteiger partial charge on any atom is -0.480 e. The minimum absolute atomic E-state index is 0.335. The van der Waals surface area contributed by atoms with Crippen molar-refractivity contribution in [2.45, 2.75) is 6.04 Å². The molecule has 0 aliphatic carbocycles. The molecule has 0 aliphatic heterocycles. The standard InChI is InChI=1S/C15H15NO5/c1-16(13(9-17)14(18)19)21-15(20)12-8-4-6-10-5-2-3-7-11(10)12/h2-8,13,17H,9H2,1H3,(H,18,19)/t13-/m0/s1. The highest BCUT2D eigenvalue weighted by atomic mass is 16.7. The van der Waals surface area contributed by atoms with Gasteiger partial charge in [0.2, 0.25) is 0 Å². The summed E-state index contributed by atoms with van der Waals surface area (Å²) in [6.07, 6.45) is 0. The van der Waals surface area contributed by atoms with Gasteiger partial charge < -0.3 is 15.1 Å². The van der Waals surface area contributed by atoms with Gasteiger partial charge in [0, 0.05) is 7.05 Å². The van der Waals surface area contributed by atoms with Crippen molar-refractivity contribution in [3.63, 3.8) is 0 Å². The molecule has 21 heavy (non-hydrogen) atoms. The van der Waals surface area contributed by atoms with Crippen LogP contribution in [-0.4, -0.2) is 46.9 Å². The van der Waals surface area contributed by atoms with Crippen LogP contribution in [-0.2, 0) is 9.63 Å². The van der Waals surface area contributed by atoms with Gasteiger partial charge in [0.1, 0.15) is 0 Å². The number of carbonyl (C=O) groups is 2. The molecule has 2 aromatic carbocycles. The van der Waals surface area contributed by atoms with Crippen LogP contribution in [0, 0.1) is 0 Å². The molecule has 0 saturated heterocycles. The van der Waals surface area contributed by atoms with Gasteiger partial charge in [-0.1, -0.05) is 36.4 Å². The van der Waals surface area contributed by atoms with Crippen molar-refractivity contribution in [3.8, 4) is 0 Å². The van der Waals surface area contributed by atoms with Crippen LogP contribution in [0.4, 0.5) is 0 Å². The van der Waals surface area contributed by atoms with E-state index in [4.69, 9.17) is 15.1 Å². The first kappa shape index (κ1) is 15.0. The van der Waals surface area contributed by atoms with Crippen molar-refractivity contribution in [1.82, 2.24) is 5.06 Å². The monoisotopic (exact) mass is 289 g/mol. The molecule has 0 saturated carbocycles. The van der Waals surface area contributed by atoms with Gasteiger partial charge in [-0.15, -0.1) is 5.06 Å². The molecular formula is C15H15NO5. The van der Waals surface area contributed by atoms with E-state index in [1.54, 1.807) is 24.3 Å². The molecule has 0 bridgehead atoms. The number of hydroxylamine groups is 2. The number of hydrogen-bond donors (Lipinski definition) is 2. The van der Waals surface area contributed by atoms with Gasteiger partial charge in [0.25, 0.3) is 0 Å². The second-order valence-corrected chi connectivity index (χ2v) is 4.49. The number of aliphatic hydroxyl groups excluding tert-OH is 1. The number of aliphatic hydroxyl groups is 1. The maximum absolute atomic E-state index is 12.2. The predicted octanol–water partition coefficient (Wildman–Crippen LogP) is 1.29. The second kappa shape index (κ2) is 6.34. The smallest absolute Gasteiger partial charge is 0.357 e. The maximum Gasteiger partial charge on any atom is 0.357 e. The highest BCUT2D eigenvalue weighted by molar-refractivity contribution is 6.04. The molecule has 110 valence electrons. The molecule has 6 nitrogen and oxygen atoms in total. The lowest BCUT2D eigenvalue weighted by Gasteiger charge is -2.21. The SMILES string of the molecule is CN(OC(=O)c1cccc2ccccc12)[C@@H](CO)C(=O)O. The molecule has 2 N–H and O–H groups in total. The van der Waals surface area contributed by atoms with E-state index in [1.807, 2.05) is 18.2 Å². The zero-order chi connectivity index (χ0) is 15.4. The van der Waals surface area contributed by atoms with Crippen molar-refractivity contribution in [2.24, 2.45) is 0 Å². The molecule has 0 unspecified atom stereocenters. The Kier molecular flexibility index (Phi) is 4.52. The van der Waals surface area contributed by atoms with E-state index in [-0.39, 0.29) is 0 Å². The average molecular weight is 289 g/mol. The summed E-state index contributed by atoms with van der Waals surface area (Å²) >= 11 is 0. The fourth-order valence-electron chi connectivity index (χ4n) is 2.00. The van der Waals surface area contributed by atoms with Gasteiger partial charge in [-0.05, 0) is 16.8 Å². The van der Waals surface area contributed by atoms with Crippen molar-refractivity contribution >= 4 is 22.7 Å². The third kappa shape index (κ3) is 3.18. The van der Waals surface area contributed by atoms with Gasteiger partial charge in [-0.2, -0.15) is 0 Å². The number of carboxylic acid groups (broad SMARTS) is 1. The van der Waals surface area contributed by atoms with Crippen LogP contribution in [0.3, 0.4) is 0 Å². The van der Waals surface area contributed by atoms with Crippen LogP contribution in [0.2, 0.25) is 0 Å². The lowest BCUT2D eigenvalue weighted by molar-refractivity contribution is -0.168. The Bertz CT molecular complexity index is 665. The number of carboxylic acids is 1. The van der Waals surface area contributed by atoms with E-state index in [9.17, 15) is 9.59 Å². The van der Waals surface area contributed by atoms with Crippen LogP contribution in [0.15, 0.2) is 42.5 Å². The van der Waals surface area contributed by atoms with Crippen LogP contribution >= 0.6 is 0 Å². The number of hydrogen-bond acceptors (Lipinski definition) is 5. The summed E-state index contributed by atoms with van der Waals surface area (Å²) in [5.41, 5.74) is 0.335. The van der Waals surface area contributed by atoms with Crippen LogP contribution in [0.5, 0.6) is 0 Å². The number of carbonyl (C=O) groups excluding carboxylic acids is 1. The van der Waals surface area contributed by atoms with E-state index in [2.05, 4.69) is 0 Å². The van der Waals surface area contributed by atoms with Crippen molar-refractivity contribution in [3.05, 3.63) is 48.0 Å². The summed E-state index contributed by atoms with van der Waals surface area (Å²) in [7, 11) is 1.29. The molecular weight excluding hydrogens is 274 g/mol. The van der Waals surface area contributed by atoms with Crippen molar-refractivity contribution in [1.29, 1.82) is 0 Å². The highest BCUT2D eigenvalue weighted by Crippen LogP contribution is 2.19. The van der Waals surface area contributed by atoms with Gasteiger partial charge in [-0.25, -0.2) is 4.79 Å². The summed E-state index contributed by atoms with van der Waals surface area (Å²) in [5.74, 6) is -1.94. The van der Waals surface area contributed by atoms with E-state index >= 15 is 0 Å². The summed E-state index contributed by atoms with van der Waals surface area (Å²) in [5, 5.41) is 20.4. The number of fused-ring (bicyclic) bond motifs is 1. The topological polar surface area (TPSA) is 87.1 Å². The Morgan fingerprint density at radius 3 is 2.52 bits per heavy atom. The third-order valence-corrected chi connectivity index (χ3v) is 3.13. The molecule has 0 aromatic heterocycles. The average Bonchev–Trinajstić information content (AvgIpc) is 2.46. The summed E-state index contributed by atoms with van der Waals surface area (Å²) in [4.78, 5) is 28.1. The number of likely N-dealkylation sites (N-methyl/N-ethyl adjacent to an activating group) is 1. The van der Waals surface area contributed by atoms with Crippen LogP contribution in [0.1, 0.15) is 10.4 Å². The quantitative estimate of drug-likeness (QED) is 0.807. The molecule has 0 fully saturated rings. The molecule has 0 spiro atoms. The fourth-order valence-corrected chi connectivity index (χ4v) is 2.00. The first-order valence-electron chi connectivity index (χ1n) is 6.31. The zero-order valence-corrected chi connectivity index (χ0v) is 11.4. The Morgan fingerprint density at radius 1 is 1.19 bits per heavy atom. The normalized spacial score (nSPS) is 12.3. The maximum atomic E-state index is 12.2. The van der Waals surface area contributed by atoms with E-state index in [0.717, 1.165) is 10.4 Å². The lowest BCUT2D eigenvalue weighted by atomic mass is 10.1. The van der Waals surface area contributed by atoms with Gasteiger partial charge >= 0.3 is 11.9 Å².